The van der Waals surface area contributed by atoms with E-state index in [1.807, 2.05) is 75.4 Å². The predicted molar refractivity (Wildman–Crippen MR) is 106 cm³/mol. The van der Waals surface area contributed by atoms with E-state index < -0.39 is 0 Å². The summed E-state index contributed by atoms with van der Waals surface area (Å²) in [5.41, 5.74) is 3.17. The molecular formula is C22H22N2O2. The van der Waals surface area contributed by atoms with Crippen molar-refractivity contribution >= 4 is 27.7 Å². The first-order valence-electron chi connectivity index (χ1n) is 8.74. The van der Waals surface area contributed by atoms with Gasteiger partial charge in [0.25, 0.3) is 5.91 Å². The van der Waals surface area contributed by atoms with Gasteiger partial charge < -0.3 is 4.74 Å². The van der Waals surface area contributed by atoms with Gasteiger partial charge in [-0.2, -0.15) is 0 Å². The molecule has 4 nitrogen and oxygen atoms in total. The Morgan fingerprint density at radius 2 is 1.73 bits per heavy atom. The lowest BCUT2D eigenvalue weighted by molar-refractivity contribution is 0.0969. The Morgan fingerprint density at radius 3 is 2.42 bits per heavy atom. The molecule has 0 atom stereocenters. The molecule has 4 heteroatoms. The summed E-state index contributed by atoms with van der Waals surface area (Å²) in [4.78, 5) is 17.5. The molecule has 0 saturated heterocycles. The van der Waals surface area contributed by atoms with Crippen molar-refractivity contribution in [1.29, 1.82) is 0 Å². The molecule has 0 spiro atoms. The van der Waals surface area contributed by atoms with E-state index in [-0.39, 0.29) is 5.91 Å². The van der Waals surface area contributed by atoms with Crippen LogP contribution in [0.15, 0.2) is 60.8 Å². The Morgan fingerprint density at radius 1 is 1.00 bits per heavy atom. The monoisotopic (exact) mass is 346 g/mol. The number of methoxy groups -OCH3 is 1. The van der Waals surface area contributed by atoms with E-state index in [1.165, 1.54) is 0 Å². The molecular weight excluding hydrogens is 324 g/mol. The van der Waals surface area contributed by atoms with E-state index in [0.717, 1.165) is 33.2 Å². The first-order valence-corrected chi connectivity index (χ1v) is 8.74. The number of carbonyl (C=O) groups is 1. The number of hydrogen-bond donors (Lipinski definition) is 0. The zero-order chi connectivity index (χ0) is 18.7. The second-order valence-corrected chi connectivity index (χ2v) is 5.68. The number of carbonyl (C=O) groups excluding carboxylic acids is 1. The van der Waals surface area contributed by atoms with Crippen LogP contribution >= 0.6 is 0 Å². The third-order valence-corrected chi connectivity index (χ3v) is 4.29. The summed E-state index contributed by atoms with van der Waals surface area (Å²) in [6, 6.07) is 17.0. The number of rotatable bonds is 2. The highest BCUT2D eigenvalue weighted by atomic mass is 16.5. The summed E-state index contributed by atoms with van der Waals surface area (Å²) >= 11 is 0. The average molecular weight is 346 g/mol. The Hall–Kier alpha value is -3.14. The van der Waals surface area contributed by atoms with Crippen molar-refractivity contribution in [3.8, 4) is 5.75 Å². The molecule has 0 aliphatic carbocycles. The van der Waals surface area contributed by atoms with Gasteiger partial charge in [0.2, 0.25) is 0 Å². The van der Waals surface area contributed by atoms with Gasteiger partial charge in [-0.15, -0.1) is 0 Å². The summed E-state index contributed by atoms with van der Waals surface area (Å²) in [5.74, 6) is 0.708. The van der Waals surface area contributed by atoms with Gasteiger partial charge in [-0.05, 0) is 43.3 Å². The molecule has 2 aromatic heterocycles. The molecule has 2 aromatic carbocycles. The highest BCUT2D eigenvalue weighted by Crippen LogP contribution is 2.33. The van der Waals surface area contributed by atoms with Crippen LogP contribution in [0.5, 0.6) is 5.75 Å². The normalized spacial score (nSPS) is 10.5. The number of aromatic nitrogens is 2. The lowest BCUT2D eigenvalue weighted by Crippen LogP contribution is -2.12. The molecule has 26 heavy (non-hydrogen) atoms. The van der Waals surface area contributed by atoms with Crippen molar-refractivity contribution in [2.24, 2.45) is 0 Å². The van der Waals surface area contributed by atoms with Crippen LogP contribution in [0.3, 0.4) is 0 Å². The number of pyridine rings is 1. The van der Waals surface area contributed by atoms with Crippen LogP contribution < -0.4 is 4.74 Å². The molecule has 132 valence electrons. The number of aryl methyl sites for hydroxylation is 1. The molecule has 2 heterocycles. The molecule has 0 radical (unpaired) electrons. The fourth-order valence-electron chi connectivity index (χ4n) is 3.15. The van der Waals surface area contributed by atoms with Crippen LogP contribution in [-0.4, -0.2) is 22.6 Å². The molecule has 0 fully saturated rings. The standard InChI is InChI=1S/C20H16N2O2.C2H6/c1-13-19-16(10-11-21-13)17-12-15(24-2)8-9-18(17)22(19)20(23)14-6-4-3-5-7-14;1-2/h3-12H,1-2H3;1-2H3. The Labute approximate surface area is 153 Å². The van der Waals surface area contributed by atoms with Crippen molar-refractivity contribution in [3.63, 3.8) is 0 Å². The minimum atomic E-state index is -0.0585. The van der Waals surface area contributed by atoms with Crippen LogP contribution in [-0.2, 0) is 0 Å². The van der Waals surface area contributed by atoms with E-state index in [2.05, 4.69) is 4.98 Å². The minimum Gasteiger partial charge on any atom is -0.497 e. The van der Waals surface area contributed by atoms with Crippen LogP contribution in [0.2, 0.25) is 0 Å². The van der Waals surface area contributed by atoms with Gasteiger partial charge in [-0.25, -0.2) is 0 Å². The molecule has 4 rings (SSSR count). The van der Waals surface area contributed by atoms with Gasteiger partial charge in [0, 0.05) is 22.5 Å². The first-order chi connectivity index (χ1) is 12.7. The lowest BCUT2D eigenvalue weighted by Gasteiger charge is -2.07. The van der Waals surface area contributed by atoms with Gasteiger partial charge in [0.1, 0.15) is 5.75 Å². The largest absolute Gasteiger partial charge is 0.497 e. The first kappa shape index (κ1) is 17.7. The smallest absolute Gasteiger partial charge is 0.262 e. The van der Waals surface area contributed by atoms with Crippen molar-refractivity contribution < 1.29 is 9.53 Å². The van der Waals surface area contributed by atoms with Gasteiger partial charge in [-0.1, -0.05) is 32.0 Å². The quantitative estimate of drug-likeness (QED) is 0.500. The summed E-state index contributed by atoms with van der Waals surface area (Å²) in [7, 11) is 1.64. The third kappa shape index (κ3) is 2.84. The fourth-order valence-corrected chi connectivity index (χ4v) is 3.15. The zero-order valence-electron chi connectivity index (χ0n) is 15.5. The minimum absolute atomic E-state index is 0.0585. The predicted octanol–water partition coefficient (Wildman–Crippen LogP) is 5.22. The van der Waals surface area contributed by atoms with Gasteiger partial charge in [0.15, 0.2) is 0 Å². The molecule has 0 saturated carbocycles. The Kier molecular flexibility index (Phi) is 5.03. The number of nitrogens with zero attached hydrogens (tertiary/aromatic N) is 2. The van der Waals surface area contributed by atoms with E-state index in [9.17, 15) is 4.79 Å². The van der Waals surface area contributed by atoms with Crippen molar-refractivity contribution in [3.05, 3.63) is 72.1 Å². The summed E-state index contributed by atoms with van der Waals surface area (Å²) in [5, 5.41) is 1.99. The highest BCUT2D eigenvalue weighted by molar-refractivity contribution is 6.16. The maximum absolute atomic E-state index is 13.1. The summed E-state index contributed by atoms with van der Waals surface area (Å²) in [6.45, 7) is 5.92. The molecule has 4 aromatic rings. The molecule has 0 aliphatic heterocycles. The van der Waals surface area contributed by atoms with E-state index >= 15 is 0 Å². The van der Waals surface area contributed by atoms with Crippen molar-refractivity contribution in [2.45, 2.75) is 20.8 Å². The van der Waals surface area contributed by atoms with Gasteiger partial charge in [-0.3, -0.25) is 14.3 Å². The molecule has 0 N–H and O–H groups in total. The average Bonchev–Trinajstić information content (AvgIpc) is 3.04. The maximum atomic E-state index is 13.1. The van der Waals surface area contributed by atoms with Crippen molar-refractivity contribution in [1.82, 2.24) is 9.55 Å². The zero-order valence-corrected chi connectivity index (χ0v) is 15.5. The summed E-state index contributed by atoms with van der Waals surface area (Å²) < 4.78 is 7.10. The molecule has 0 unspecified atom stereocenters. The van der Waals surface area contributed by atoms with Crippen LogP contribution in [0.25, 0.3) is 21.8 Å². The maximum Gasteiger partial charge on any atom is 0.262 e. The number of benzene rings is 2. The van der Waals surface area contributed by atoms with Gasteiger partial charge >= 0.3 is 0 Å². The van der Waals surface area contributed by atoms with E-state index in [1.54, 1.807) is 17.9 Å². The third-order valence-electron chi connectivity index (χ3n) is 4.29. The second kappa shape index (κ2) is 7.40. The Balaban J connectivity index is 0.000000948. The highest BCUT2D eigenvalue weighted by Gasteiger charge is 2.19. The van der Waals surface area contributed by atoms with Crippen LogP contribution in [0.4, 0.5) is 0 Å². The molecule has 0 amide bonds. The number of fused-ring (bicyclic) bond motifs is 3. The molecule has 0 bridgehead atoms. The Bertz CT molecular complexity index is 1070. The van der Waals surface area contributed by atoms with E-state index in [4.69, 9.17) is 4.74 Å². The number of hydrogen-bond acceptors (Lipinski definition) is 3. The second-order valence-electron chi connectivity index (χ2n) is 5.68. The number of ether oxygens (including phenoxy) is 1. The summed E-state index contributed by atoms with van der Waals surface area (Å²) in [6.07, 6.45) is 1.77. The fraction of sp³-hybridized carbons (Fsp3) is 0.182. The van der Waals surface area contributed by atoms with Crippen LogP contribution in [0, 0.1) is 6.92 Å². The molecule has 0 aliphatic rings. The van der Waals surface area contributed by atoms with E-state index in [0.29, 0.717) is 5.56 Å². The lowest BCUT2D eigenvalue weighted by atomic mass is 10.1. The van der Waals surface area contributed by atoms with Crippen LogP contribution in [0.1, 0.15) is 29.9 Å². The topological polar surface area (TPSA) is 44.1 Å². The van der Waals surface area contributed by atoms with Gasteiger partial charge in [0.05, 0.1) is 23.8 Å². The van der Waals surface area contributed by atoms with Crippen molar-refractivity contribution in [2.75, 3.05) is 7.11 Å². The SMILES string of the molecule is CC.COc1ccc2c(c1)c1ccnc(C)c1n2C(=O)c1ccccc1.